The van der Waals surface area contributed by atoms with Crippen molar-refractivity contribution in [3.05, 3.63) is 71.5 Å². The summed E-state index contributed by atoms with van der Waals surface area (Å²) >= 11 is 0. The second kappa shape index (κ2) is 5.57. The minimum absolute atomic E-state index is 0.827. The Balaban J connectivity index is 2.01. The molecular formula is C20H18N4. The summed E-state index contributed by atoms with van der Waals surface area (Å²) in [5, 5.41) is 14.7. The molecule has 0 saturated carbocycles. The standard InChI is InChI=1S/C20H18N4/c1-13-9-11-16(12-10-13)19-20-18(14(2)21-22-19)15(3)24(23-20)17-7-5-4-6-8-17/h4-12H,1-3H3. The van der Waals surface area contributed by atoms with Gasteiger partial charge in [0.2, 0.25) is 0 Å². The topological polar surface area (TPSA) is 43.6 Å². The molecule has 2 aromatic carbocycles. The van der Waals surface area contributed by atoms with Gasteiger partial charge in [-0.25, -0.2) is 4.68 Å². The van der Waals surface area contributed by atoms with Gasteiger partial charge in [-0.2, -0.15) is 10.2 Å². The lowest BCUT2D eigenvalue weighted by Crippen LogP contribution is -1.97. The van der Waals surface area contributed by atoms with Gasteiger partial charge in [0, 0.05) is 10.9 Å². The van der Waals surface area contributed by atoms with Crippen molar-refractivity contribution >= 4 is 10.9 Å². The molecule has 0 atom stereocenters. The molecule has 0 fully saturated rings. The highest BCUT2D eigenvalue weighted by molar-refractivity contribution is 5.94. The molecule has 0 aliphatic carbocycles. The van der Waals surface area contributed by atoms with Crippen molar-refractivity contribution in [1.82, 2.24) is 20.0 Å². The Hall–Kier alpha value is -3.01. The van der Waals surface area contributed by atoms with Crippen LogP contribution in [-0.2, 0) is 0 Å². The molecule has 2 heterocycles. The van der Waals surface area contributed by atoms with Gasteiger partial charge in [0.25, 0.3) is 0 Å². The van der Waals surface area contributed by atoms with Crippen LogP contribution in [0, 0.1) is 20.8 Å². The summed E-state index contributed by atoms with van der Waals surface area (Å²) in [5.41, 5.74) is 7.01. The molecule has 4 aromatic rings. The van der Waals surface area contributed by atoms with E-state index in [-0.39, 0.29) is 0 Å². The number of aryl methyl sites for hydroxylation is 3. The molecule has 0 amide bonds. The first-order valence-electron chi connectivity index (χ1n) is 8.00. The number of para-hydroxylation sites is 1. The molecular weight excluding hydrogens is 296 g/mol. The van der Waals surface area contributed by atoms with Gasteiger partial charge in [-0.3, -0.25) is 0 Å². The van der Waals surface area contributed by atoms with E-state index in [1.54, 1.807) is 0 Å². The quantitative estimate of drug-likeness (QED) is 0.550. The van der Waals surface area contributed by atoms with E-state index in [0.29, 0.717) is 0 Å². The van der Waals surface area contributed by atoms with Crippen LogP contribution >= 0.6 is 0 Å². The highest BCUT2D eigenvalue weighted by atomic mass is 15.3. The van der Waals surface area contributed by atoms with Gasteiger partial charge in [-0.1, -0.05) is 48.0 Å². The Kier molecular flexibility index (Phi) is 3.38. The third kappa shape index (κ3) is 2.27. The van der Waals surface area contributed by atoms with Crippen LogP contribution in [0.1, 0.15) is 17.0 Å². The molecule has 0 aliphatic heterocycles. The van der Waals surface area contributed by atoms with Crippen LogP contribution < -0.4 is 0 Å². The summed E-state index contributed by atoms with van der Waals surface area (Å²) in [7, 11) is 0. The van der Waals surface area contributed by atoms with Gasteiger partial charge in [0.15, 0.2) is 0 Å². The summed E-state index contributed by atoms with van der Waals surface area (Å²) in [6, 6.07) is 18.5. The monoisotopic (exact) mass is 314 g/mol. The molecule has 0 unspecified atom stereocenters. The van der Waals surface area contributed by atoms with Crippen molar-refractivity contribution in [2.45, 2.75) is 20.8 Å². The molecule has 0 bridgehead atoms. The van der Waals surface area contributed by atoms with Gasteiger partial charge in [-0.15, -0.1) is 5.10 Å². The van der Waals surface area contributed by atoms with Crippen LogP contribution in [0.5, 0.6) is 0 Å². The van der Waals surface area contributed by atoms with Crippen LogP contribution in [0.15, 0.2) is 54.6 Å². The van der Waals surface area contributed by atoms with E-state index >= 15 is 0 Å². The lowest BCUT2D eigenvalue weighted by Gasteiger charge is -2.03. The van der Waals surface area contributed by atoms with E-state index in [4.69, 9.17) is 5.10 Å². The Morgan fingerprint density at radius 3 is 2.21 bits per heavy atom. The van der Waals surface area contributed by atoms with Crippen LogP contribution in [0.2, 0.25) is 0 Å². The first-order valence-corrected chi connectivity index (χ1v) is 8.00. The van der Waals surface area contributed by atoms with E-state index in [0.717, 1.165) is 39.2 Å². The predicted molar refractivity (Wildman–Crippen MR) is 96.3 cm³/mol. The van der Waals surface area contributed by atoms with Crippen LogP contribution in [0.25, 0.3) is 27.8 Å². The molecule has 118 valence electrons. The summed E-state index contributed by atoms with van der Waals surface area (Å²) in [5.74, 6) is 0. The number of hydrogen-bond donors (Lipinski definition) is 0. The average Bonchev–Trinajstić information content (AvgIpc) is 2.95. The van der Waals surface area contributed by atoms with Crippen molar-refractivity contribution < 1.29 is 0 Å². The SMILES string of the molecule is Cc1ccc(-c2nnc(C)c3c(C)n(-c4ccccc4)nc23)cc1. The number of hydrogen-bond acceptors (Lipinski definition) is 3. The number of benzene rings is 2. The third-order valence-corrected chi connectivity index (χ3v) is 4.33. The van der Waals surface area contributed by atoms with Crippen molar-refractivity contribution in [2.24, 2.45) is 0 Å². The van der Waals surface area contributed by atoms with E-state index in [9.17, 15) is 0 Å². The van der Waals surface area contributed by atoms with E-state index < -0.39 is 0 Å². The minimum atomic E-state index is 0.827. The molecule has 24 heavy (non-hydrogen) atoms. The summed E-state index contributed by atoms with van der Waals surface area (Å²) in [6.45, 7) is 6.14. The molecule has 0 N–H and O–H groups in total. The van der Waals surface area contributed by atoms with Crippen LogP contribution in [0.3, 0.4) is 0 Å². The van der Waals surface area contributed by atoms with Gasteiger partial charge < -0.3 is 0 Å². The fraction of sp³-hybridized carbons (Fsp3) is 0.150. The third-order valence-electron chi connectivity index (χ3n) is 4.33. The van der Waals surface area contributed by atoms with E-state index in [1.807, 2.05) is 29.8 Å². The average molecular weight is 314 g/mol. The largest absolute Gasteiger partial charge is 0.237 e. The predicted octanol–water partition coefficient (Wildman–Crippen LogP) is 4.41. The number of fused-ring (bicyclic) bond motifs is 1. The highest BCUT2D eigenvalue weighted by Gasteiger charge is 2.17. The maximum absolute atomic E-state index is 4.86. The Labute approximate surface area is 140 Å². The van der Waals surface area contributed by atoms with E-state index in [2.05, 4.69) is 60.4 Å². The minimum Gasteiger partial charge on any atom is -0.237 e. The van der Waals surface area contributed by atoms with Gasteiger partial charge in [-0.05, 0) is 32.9 Å². The Bertz CT molecular complexity index is 1020. The normalized spacial score (nSPS) is 11.1. The summed E-state index contributed by atoms with van der Waals surface area (Å²) in [4.78, 5) is 0. The zero-order valence-electron chi connectivity index (χ0n) is 14.0. The van der Waals surface area contributed by atoms with Crippen molar-refractivity contribution in [3.63, 3.8) is 0 Å². The fourth-order valence-corrected chi connectivity index (χ4v) is 3.05. The second-order valence-electron chi connectivity index (χ2n) is 6.06. The zero-order chi connectivity index (χ0) is 16.7. The smallest absolute Gasteiger partial charge is 0.123 e. The maximum Gasteiger partial charge on any atom is 0.123 e. The lowest BCUT2D eigenvalue weighted by molar-refractivity contribution is 0.860. The van der Waals surface area contributed by atoms with Crippen molar-refractivity contribution in [2.75, 3.05) is 0 Å². The first-order chi connectivity index (χ1) is 11.6. The fourth-order valence-electron chi connectivity index (χ4n) is 3.05. The summed E-state index contributed by atoms with van der Waals surface area (Å²) < 4.78 is 1.97. The van der Waals surface area contributed by atoms with Gasteiger partial charge >= 0.3 is 0 Å². The molecule has 4 nitrogen and oxygen atoms in total. The lowest BCUT2D eigenvalue weighted by atomic mass is 10.1. The molecule has 2 aromatic heterocycles. The van der Waals surface area contributed by atoms with Crippen LogP contribution in [-0.4, -0.2) is 20.0 Å². The number of aromatic nitrogens is 4. The molecule has 0 spiro atoms. The summed E-state index contributed by atoms with van der Waals surface area (Å²) in [6.07, 6.45) is 0. The Morgan fingerprint density at radius 2 is 1.50 bits per heavy atom. The van der Waals surface area contributed by atoms with Gasteiger partial charge in [0.05, 0.1) is 17.1 Å². The Morgan fingerprint density at radius 1 is 0.792 bits per heavy atom. The molecule has 0 aliphatic rings. The highest BCUT2D eigenvalue weighted by Crippen LogP contribution is 2.30. The number of rotatable bonds is 2. The molecule has 0 saturated heterocycles. The zero-order valence-corrected chi connectivity index (χ0v) is 14.0. The van der Waals surface area contributed by atoms with Crippen LogP contribution in [0.4, 0.5) is 0 Å². The first kappa shape index (κ1) is 14.6. The van der Waals surface area contributed by atoms with Gasteiger partial charge in [0.1, 0.15) is 11.2 Å². The van der Waals surface area contributed by atoms with E-state index in [1.165, 1.54) is 5.56 Å². The van der Waals surface area contributed by atoms with Crippen molar-refractivity contribution in [3.8, 4) is 16.9 Å². The van der Waals surface area contributed by atoms with Crippen molar-refractivity contribution in [1.29, 1.82) is 0 Å². The molecule has 4 heteroatoms. The maximum atomic E-state index is 4.86. The molecule has 4 rings (SSSR count). The second-order valence-corrected chi connectivity index (χ2v) is 6.06. The molecule has 0 radical (unpaired) electrons. The number of nitrogens with zero attached hydrogens (tertiary/aromatic N) is 4.